The van der Waals surface area contributed by atoms with Crippen molar-refractivity contribution < 1.29 is 19.1 Å². The summed E-state index contributed by atoms with van der Waals surface area (Å²) in [5, 5.41) is 0. The molecule has 0 radical (unpaired) electrons. The smallest absolute Gasteiger partial charge is 0.343 e. The number of hydrogen-bond acceptors (Lipinski definition) is 4. The molecule has 0 aromatic heterocycles. The van der Waals surface area contributed by atoms with Gasteiger partial charge >= 0.3 is 5.97 Å². The van der Waals surface area contributed by atoms with Crippen molar-refractivity contribution in [3.63, 3.8) is 0 Å². The van der Waals surface area contributed by atoms with Crippen molar-refractivity contribution >= 4 is 11.8 Å². The molecule has 0 aliphatic carbocycles. The summed E-state index contributed by atoms with van der Waals surface area (Å²) in [5.41, 5.74) is 1.50. The molecule has 0 saturated heterocycles. The Labute approximate surface area is 129 Å². The summed E-state index contributed by atoms with van der Waals surface area (Å²) in [6, 6.07) is 13.9. The van der Waals surface area contributed by atoms with Crippen LogP contribution in [0.1, 0.15) is 29.3 Å². The summed E-state index contributed by atoms with van der Waals surface area (Å²) < 4.78 is 10.4. The van der Waals surface area contributed by atoms with Crippen molar-refractivity contribution in [1.82, 2.24) is 0 Å². The molecule has 0 unspecified atom stereocenters. The maximum absolute atomic E-state index is 12.0. The molecule has 0 spiro atoms. The fourth-order valence-corrected chi connectivity index (χ4v) is 1.94. The van der Waals surface area contributed by atoms with Crippen LogP contribution in [0.15, 0.2) is 48.5 Å². The van der Waals surface area contributed by atoms with Gasteiger partial charge in [-0.05, 0) is 55.3 Å². The fourth-order valence-electron chi connectivity index (χ4n) is 1.94. The lowest BCUT2D eigenvalue weighted by Gasteiger charge is -2.06. The number of benzene rings is 2. The molecule has 2 aromatic carbocycles. The van der Waals surface area contributed by atoms with Gasteiger partial charge in [-0.1, -0.05) is 12.1 Å². The van der Waals surface area contributed by atoms with E-state index >= 15 is 0 Å². The topological polar surface area (TPSA) is 52.6 Å². The molecule has 2 rings (SSSR count). The molecule has 114 valence electrons. The predicted octanol–water partition coefficient (Wildman–Crippen LogP) is 3.44. The third-order valence-electron chi connectivity index (χ3n) is 3.23. The van der Waals surface area contributed by atoms with Gasteiger partial charge in [0.25, 0.3) is 0 Å². The third-order valence-corrected chi connectivity index (χ3v) is 3.23. The monoisotopic (exact) mass is 298 g/mol. The van der Waals surface area contributed by atoms with Crippen LogP contribution in [-0.4, -0.2) is 18.9 Å². The van der Waals surface area contributed by atoms with E-state index in [1.54, 1.807) is 50.4 Å². The zero-order valence-corrected chi connectivity index (χ0v) is 12.7. The maximum Gasteiger partial charge on any atom is 0.343 e. The molecular formula is C18H18O4. The zero-order valence-electron chi connectivity index (χ0n) is 12.7. The van der Waals surface area contributed by atoms with E-state index in [0.29, 0.717) is 29.9 Å². The first-order chi connectivity index (χ1) is 10.6. The second kappa shape index (κ2) is 7.41. The number of carbonyl (C=O) groups is 2. The van der Waals surface area contributed by atoms with Gasteiger partial charge in [0.1, 0.15) is 17.3 Å². The molecule has 0 amide bonds. The van der Waals surface area contributed by atoms with Crippen LogP contribution in [-0.2, 0) is 11.2 Å². The molecule has 0 fully saturated rings. The highest BCUT2D eigenvalue weighted by Crippen LogP contribution is 2.17. The highest BCUT2D eigenvalue weighted by atomic mass is 16.5. The van der Waals surface area contributed by atoms with Crippen molar-refractivity contribution in [3.05, 3.63) is 59.7 Å². The van der Waals surface area contributed by atoms with Crippen molar-refractivity contribution in [2.75, 3.05) is 7.11 Å². The Morgan fingerprint density at radius 3 is 2.05 bits per heavy atom. The lowest BCUT2D eigenvalue weighted by molar-refractivity contribution is -0.116. The Bertz CT molecular complexity index is 642. The van der Waals surface area contributed by atoms with Crippen molar-refractivity contribution in [1.29, 1.82) is 0 Å². The molecule has 0 heterocycles. The summed E-state index contributed by atoms with van der Waals surface area (Å²) in [4.78, 5) is 23.0. The van der Waals surface area contributed by atoms with E-state index in [1.807, 2.05) is 12.1 Å². The minimum absolute atomic E-state index is 0.162. The van der Waals surface area contributed by atoms with E-state index in [0.717, 1.165) is 5.56 Å². The van der Waals surface area contributed by atoms with Gasteiger partial charge in [0.15, 0.2) is 0 Å². The summed E-state index contributed by atoms with van der Waals surface area (Å²) in [6.07, 6.45) is 1.22. The van der Waals surface area contributed by atoms with Crippen molar-refractivity contribution in [3.8, 4) is 11.5 Å². The van der Waals surface area contributed by atoms with E-state index in [9.17, 15) is 9.59 Å². The summed E-state index contributed by atoms with van der Waals surface area (Å²) >= 11 is 0. The number of aryl methyl sites for hydroxylation is 1. The van der Waals surface area contributed by atoms with Gasteiger partial charge in [-0.3, -0.25) is 0 Å². The summed E-state index contributed by atoms with van der Waals surface area (Å²) in [5.74, 6) is 0.910. The van der Waals surface area contributed by atoms with Crippen LogP contribution in [0.25, 0.3) is 0 Å². The van der Waals surface area contributed by atoms with Gasteiger partial charge in [-0.25, -0.2) is 4.79 Å². The molecular weight excluding hydrogens is 280 g/mol. The number of carbonyl (C=O) groups excluding carboxylic acids is 2. The molecule has 0 atom stereocenters. The molecule has 2 aromatic rings. The zero-order chi connectivity index (χ0) is 15.9. The normalized spacial score (nSPS) is 10.1. The van der Waals surface area contributed by atoms with E-state index in [2.05, 4.69) is 0 Å². The number of rotatable bonds is 6. The Morgan fingerprint density at radius 2 is 1.50 bits per heavy atom. The van der Waals surface area contributed by atoms with Crippen LogP contribution < -0.4 is 9.47 Å². The SMILES string of the molecule is COc1ccc(C(=O)Oc2ccc(CCC(C)=O)cc2)cc1. The van der Waals surface area contributed by atoms with Gasteiger partial charge in [-0.2, -0.15) is 0 Å². The standard InChI is InChI=1S/C18H18O4/c1-13(19)3-4-14-5-9-17(10-6-14)22-18(20)15-7-11-16(21-2)12-8-15/h5-12H,3-4H2,1-2H3. The van der Waals surface area contributed by atoms with Crippen LogP contribution in [0.3, 0.4) is 0 Å². The van der Waals surface area contributed by atoms with Gasteiger partial charge in [0, 0.05) is 6.42 Å². The highest BCUT2D eigenvalue weighted by Gasteiger charge is 2.08. The van der Waals surface area contributed by atoms with Crippen molar-refractivity contribution in [2.45, 2.75) is 19.8 Å². The summed E-state index contributed by atoms with van der Waals surface area (Å²) in [7, 11) is 1.57. The Morgan fingerprint density at radius 1 is 0.909 bits per heavy atom. The molecule has 0 aliphatic heterocycles. The number of esters is 1. The second-order valence-corrected chi connectivity index (χ2v) is 4.96. The van der Waals surface area contributed by atoms with Crippen LogP contribution in [0, 0.1) is 0 Å². The van der Waals surface area contributed by atoms with Gasteiger partial charge < -0.3 is 14.3 Å². The molecule has 4 nitrogen and oxygen atoms in total. The van der Waals surface area contributed by atoms with Crippen molar-refractivity contribution in [2.24, 2.45) is 0 Å². The average Bonchev–Trinajstić information content (AvgIpc) is 2.54. The molecule has 0 bridgehead atoms. The van der Waals surface area contributed by atoms with E-state index in [4.69, 9.17) is 9.47 Å². The number of ketones is 1. The van der Waals surface area contributed by atoms with Crippen LogP contribution >= 0.6 is 0 Å². The van der Waals surface area contributed by atoms with E-state index in [1.165, 1.54) is 0 Å². The Kier molecular flexibility index (Phi) is 5.31. The first-order valence-corrected chi connectivity index (χ1v) is 7.03. The number of methoxy groups -OCH3 is 1. The van der Waals surface area contributed by atoms with Gasteiger partial charge in [0.2, 0.25) is 0 Å². The lowest BCUT2D eigenvalue weighted by Crippen LogP contribution is -2.08. The second-order valence-electron chi connectivity index (χ2n) is 4.96. The van der Waals surface area contributed by atoms with Gasteiger partial charge in [-0.15, -0.1) is 0 Å². The van der Waals surface area contributed by atoms with Crippen LogP contribution in [0.5, 0.6) is 11.5 Å². The number of hydrogen-bond donors (Lipinski definition) is 0. The first kappa shape index (κ1) is 15.8. The molecule has 22 heavy (non-hydrogen) atoms. The fraction of sp³-hybridized carbons (Fsp3) is 0.222. The summed E-state index contributed by atoms with van der Waals surface area (Å²) in [6.45, 7) is 1.57. The number of ether oxygens (including phenoxy) is 2. The number of Topliss-reactive ketones (excluding diaryl/α,β-unsaturated/α-hetero) is 1. The quantitative estimate of drug-likeness (QED) is 0.605. The average molecular weight is 298 g/mol. The lowest BCUT2D eigenvalue weighted by atomic mass is 10.1. The van der Waals surface area contributed by atoms with Crippen LogP contribution in [0.2, 0.25) is 0 Å². The molecule has 4 heteroatoms. The minimum atomic E-state index is -0.417. The third kappa shape index (κ3) is 4.45. The van der Waals surface area contributed by atoms with Crippen LogP contribution in [0.4, 0.5) is 0 Å². The van der Waals surface area contributed by atoms with E-state index in [-0.39, 0.29) is 5.78 Å². The predicted molar refractivity (Wildman–Crippen MR) is 83.4 cm³/mol. The molecule has 0 N–H and O–H groups in total. The molecule has 0 saturated carbocycles. The molecule has 0 aliphatic rings. The van der Waals surface area contributed by atoms with Gasteiger partial charge in [0.05, 0.1) is 12.7 Å². The Hall–Kier alpha value is -2.62. The Balaban J connectivity index is 1.97. The largest absolute Gasteiger partial charge is 0.497 e. The highest BCUT2D eigenvalue weighted by molar-refractivity contribution is 5.91. The maximum atomic E-state index is 12.0. The minimum Gasteiger partial charge on any atom is -0.497 e. The van der Waals surface area contributed by atoms with E-state index < -0.39 is 5.97 Å². The first-order valence-electron chi connectivity index (χ1n) is 7.03.